The lowest BCUT2D eigenvalue weighted by Gasteiger charge is -2.30. The Labute approximate surface area is 205 Å². The molecule has 8 nitrogen and oxygen atoms in total. The van der Waals surface area contributed by atoms with E-state index < -0.39 is 0 Å². The molecule has 2 fully saturated rings. The number of nitrogens with zero attached hydrogens (tertiary/aromatic N) is 3. The zero-order chi connectivity index (χ0) is 21.6. The molecule has 0 unspecified atom stereocenters. The molecule has 0 aromatic rings. The summed E-state index contributed by atoms with van der Waals surface area (Å²) < 4.78 is 0. The quantitative estimate of drug-likeness (QED) is 0.158. The van der Waals surface area contributed by atoms with Gasteiger partial charge in [0.2, 0.25) is 11.8 Å². The standard InChI is InChI=1S/C22H42N6O2.HI/c1-2-24-22(26-13-8-16-28-15-6-3-4-9-20(28)29)25-12-5-7-14-27-17-10-19(11-18-27)21(23)30;/h19H,2-18H2,1H3,(H2,23,30)(H2,24,25,26);1H. The number of rotatable bonds is 11. The number of carbonyl (C=O) groups is 2. The number of piperidine rings is 1. The van der Waals surface area contributed by atoms with Gasteiger partial charge in [0.05, 0.1) is 0 Å². The molecule has 2 amide bonds. The Morgan fingerprint density at radius 3 is 2.55 bits per heavy atom. The highest BCUT2D eigenvalue weighted by Crippen LogP contribution is 2.16. The summed E-state index contributed by atoms with van der Waals surface area (Å²) >= 11 is 0. The van der Waals surface area contributed by atoms with Crippen molar-refractivity contribution in [1.82, 2.24) is 20.4 Å². The van der Waals surface area contributed by atoms with E-state index in [-0.39, 0.29) is 35.8 Å². The molecule has 0 atom stereocenters. The van der Waals surface area contributed by atoms with Gasteiger partial charge < -0.3 is 26.2 Å². The minimum Gasteiger partial charge on any atom is -0.369 e. The fraction of sp³-hybridized carbons (Fsp3) is 0.864. The maximum Gasteiger partial charge on any atom is 0.222 e. The van der Waals surface area contributed by atoms with Crippen molar-refractivity contribution in [2.45, 2.75) is 64.7 Å². The van der Waals surface area contributed by atoms with Gasteiger partial charge in [-0.3, -0.25) is 14.6 Å². The van der Waals surface area contributed by atoms with Crippen molar-refractivity contribution in [1.29, 1.82) is 0 Å². The number of halogens is 1. The summed E-state index contributed by atoms with van der Waals surface area (Å²) in [7, 11) is 0. The molecular formula is C22H43IN6O2. The highest BCUT2D eigenvalue weighted by atomic mass is 127. The number of unbranched alkanes of at least 4 members (excludes halogenated alkanes) is 1. The zero-order valence-corrected chi connectivity index (χ0v) is 21.6. The summed E-state index contributed by atoms with van der Waals surface area (Å²) in [4.78, 5) is 32.4. The van der Waals surface area contributed by atoms with E-state index in [9.17, 15) is 9.59 Å². The van der Waals surface area contributed by atoms with Crippen molar-refractivity contribution >= 4 is 41.8 Å². The fourth-order valence-corrected chi connectivity index (χ4v) is 4.18. The summed E-state index contributed by atoms with van der Waals surface area (Å²) in [6, 6.07) is 0. The number of carbonyl (C=O) groups excluding carboxylic acids is 2. The molecule has 31 heavy (non-hydrogen) atoms. The third kappa shape index (κ3) is 11.4. The molecule has 2 aliphatic rings. The van der Waals surface area contributed by atoms with Crippen LogP contribution in [0, 0.1) is 5.92 Å². The van der Waals surface area contributed by atoms with E-state index >= 15 is 0 Å². The highest BCUT2D eigenvalue weighted by molar-refractivity contribution is 14.0. The normalized spacial score (nSPS) is 18.9. The van der Waals surface area contributed by atoms with Crippen LogP contribution in [0.2, 0.25) is 0 Å². The number of guanidine groups is 1. The van der Waals surface area contributed by atoms with Crippen LogP contribution in [0.4, 0.5) is 0 Å². The van der Waals surface area contributed by atoms with E-state index in [2.05, 4.69) is 27.4 Å². The molecule has 2 saturated heterocycles. The van der Waals surface area contributed by atoms with Crippen molar-refractivity contribution in [2.75, 3.05) is 52.4 Å². The Morgan fingerprint density at radius 2 is 1.84 bits per heavy atom. The largest absolute Gasteiger partial charge is 0.369 e. The van der Waals surface area contributed by atoms with Gasteiger partial charge in [0.15, 0.2) is 5.96 Å². The summed E-state index contributed by atoms with van der Waals surface area (Å²) in [6.45, 7) is 9.28. The van der Waals surface area contributed by atoms with Gasteiger partial charge >= 0.3 is 0 Å². The second-order valence-corrected chi connectivity index (χ2v) is 8.46. The average molecular weight is 551 g/mol. The predicted octanol–water partition coefficient (Wildman–Crippen LogP) is 1.93. The van der Waals surface area contributed by atoms with Gasteiger partial charge in [-0.15, -0.1) is 24.0 Å². The van der Waals surface area contributed by atoms with Crippen LogP contribution in [0.25, 0.3) is 0 Å². The van der Waals surface area contributed by atoms with Gasteiger partial charge in [-0.05, 0) is 71.5 Å². The lowest BCUT2D eigenvalue weighted by atomic mass is 9.96. The molecule has 2 aliphatic heterocycles. The van der Waals surface area contributed by atoms with Crippen LogP contribution in [0.3, 0.4) is 0 Å². The first-order chi connectivity index (χ1) is 14.6. The summed E-state index contributed by atoms with van der Waals surface area (Å²) in [5.41, 5.74) is 5.40. The van der Waals surface area contributed by atoms with Gasteiger partial charge in [-0.2, -0.15) is 0 Å². The molecule has 0 saturated carbocycles. The lowest BCUT2D eigenvalue weighted by molar-refractivity contribution is -0.130. The summed E-state index contributed by atoms with van der Waals surface area (Å²) in [5.74, 6) is 1.09. The lowest BCUT2D eigenvalue weighted by Crippen LogP contribution is -2.40. The topological polar surface area (TPSA) is 103 Å². The Bertz CT molecular complexity index is 552. The fourth-order valence-electron chi connectivity index (χ4n) is 4.18. The molecule has 0 bridgehead atoms. The predicted molar refractivity (Wildman–Crippen MR) is 137 cm³/mol. The number of hydrogen-bond donors (Lipinski definition) is 3. The third-order valence-corrected chi connectivity index (χ3v) is 6.06. The number of nitrogens with two attached hydrogens (primary N) is 1. The second-order valence-electron chi connectivity index (χ2n) is 8.46. The maximum absolute atomic E-state index is 12.0. The van der Waals surface area contributed by atoms with Crippen LogP contribution >= 0.6 is 24.0 Å². The summed E-state index contributed by atoms with van der Waals surface area (Å²) in [6.07, 6.45) is 8.95. The summed E-state index contributed by atoms with van der Waals surface area (Å²) in [5, 5.41) is 6.72. The van der Waals surface area contributed by atoms with Gasteiger partial charge in [-0.25, -0.2) is 0 Å². The molecule has 9 heteroatoms. The van der Waals surface area contributed by atoms with Crippen LogP contribution < -0.4 is 16.4 Å². The molecule has 4 N–H and O–H groups in total. The molecule has 0 aliphatic carbocycles. The Morgan fingerprint density at radius 1 is 1.06 bits per heavy atom. The minimum absolute atomic E-state index is 0. The molecule has 0 aromatic carbocycles. The van der Waals surface area contributed by atoms with Crippen LogP contribution in [0.5, 0.6) is 0 Å². The van der Waals surface area contributed by atoms with E-state index in [1.54, 1.807) is 0 Å². The molecule has 0 aromatic heterocycles. The second kappa shape index (κ2) is 16.5. The average Bonchev–Trinajstić information content (AvgIpc) is 2.95. The number of hydrogen-bond acceptors (Lipinski definition) is 4. The highest BCUT2D eigenvalue weighted by Gasteiger charge is 2.22. The first-order valence-corrected chi connectivity index (χ1v) is 11.9. The van der Waals surface area contributed by atoms with Crippen LogP contribution in [0.15, 0.2) is 4.99 Å². The third-order valence-electron chi connectivity index (χ3n) is 6.06. The monoisotopic (exact) mass is 550 g/mol. The SMILES string of the molecule is CCNC(=NCCCN1CCCCCC1=O)NCCCCN1CCC(C(N)=O)CC1.I. The van der Waals surface area contributed by atoms with Gasteiger partial charge in [0.25, 0.3) is 0 Å². The number of nitrogens with one attached hydrogen (secondary N) is 2. The van der Waals surface area contributed by atoms with E-state index in [4.69, 9.17) is 5.73 Å². The van der Waals surface area contributed by atoms with E-state index in [0.717, 1.165) is 103 Å². The molecule has 0 radical (unpaired) electrons. The number of likely N-dealkylation sites (tertiary alicyclic amines) is 2. The van der Waals surface area contributed by atoms with Crippen molar-refractivity contribution in [3.05, 3.63) is 0 Å². The van der Waals surface area contributed by atoms with Gasteiger partial charge in [-0.1, -0.05) is 6.42 Å². The number of amides is 2. The zero-order valence-electron chi connectivity index (χ0n) is 19.2. The minimum atomic E-state index is -0.146. The molecular weight excluding hydrogens is 507 g/mol. The molecule has 0 spiro atoms. The molecule has 180 valence electrons. The van der Waals surface area contributed by atoms with Crippen LogP contribution in [-0.4, -0.2) is 79.9 Å². The number of aliphatic imine (C=N–C) groups is 1. The first kappa shape index (κ1) is 27.9. The Balaban J connectivity index is 0.00000480. The molecule has 2 heterocycles. The maximum atomic E-state index is 12.0. The Hall–Kier alpha value is -1.10. The Kier molecular flexibility index (Phi) is 14.9. The van der Waals surface area contributed by atoms with Crippen LogP contribution in [-0.2, 0) is 9.59 Å². The smallest absolute Gasteiger partial charge is 0.222 e. The van der Waals surface area contributed by atoms with Crippen LogP contribution in [0.1, 0.15) is 64.7 Å². The van der Waals surface area contributed by atoms with Crippen molar-refractivity contribution in [2.24, 2.45) is 16.6 Å². The van der Waals surface area contributed by atoms with Crippen molar-refractivity contribution in [3.63, 3.8) is 0 Å². The van der Waals surface area contributed by atoms with E-state index in [1.165, 1.54) is 6.42 Å². The first-order valence-electron chi connectivity index (χ1n) is 11.9. The van der Waals surface area contributed by atoms with E-state index in [0.29, 0.717) is 12.3 Å². The van der Waals surface area contributed by atoms with Gasteiger partial charge in [0, 0.05) is 45.1 Å². The number of primary amides is 1. The van der Waals surface area contributed by atoms with Crippen molar-refractivity contribution < 1.29 is 9.59 Å². The van der Waals surface area contributed by atoms with Crippen molar-refractivity contribution in [3.8, 4) is 0 Å². The van der Waals surface area contributed by atoms with E-state index in [1.807, 2.05) is 4.90 Å². The van der Waals surface area contributed by atoms with Gasteiger partial charge in [0.1, 0.15) is 0 Å². The molecule has 2 rings (SSSR count).